The molecule has 3 heterocycles. The van der Waals surface area contributed by atoms with Crippen molar-refractivity contribution in [3.05, 3.63) is 35.8 Å². The molecule has 5 nitrogen and oxygen atoms in total. The van der Waals surface area contributed by atoms with Gasteiger partial charge in [0.2, 0.25) is 0 Å². The van der Waals surface area contributed by atoms with Gasteiger partial charge in [-0.15, -0.1) is 0 Å². The van der Waals surface area contributed by atoms with E-state index in [0.29, 0.717) is 0 Å². The summed E-state index contributed by atoms with van der Waals surface area (Å²) in [7, 11) is 0. The van der Waals surface area contributed by atoms with Crippen molar-refractivity contribution in [2.75, 3.05) is 11.9 Å². The molecule has 0 amide bonds. The first kappa shape index (κ1) is 8.28. The van der Waals surface area contributed by atoms with Crippen molar-refractivity contribution >= 4 is 5.82 Å². The van der Waals surface area contributed by atoms with E-state index in [9.17, 15) is 5.11 Å². The lowest BCUT2D eigenvalue weighted by atomic mass is 9.97. The number of hydrogen-bond acceptors (Lipinski definition) is 4. The molecule has 76 valence electrons. The molecule has 15 heavy (non-hydrogen) atoms. The number of H-pyrrole nitrogens is 1. The SMILES string of the molecule is Oc1cnc2c(c1)C(c1cn[nH]c1)CN2. The molecule has 2 aromatic rings. The van der Waals surface area contributed by atoms with Crippen LogP contribution in [-0.2, 0) is 0 Å². The normalized spacial score (nSPS) is 18.5. The van der Waals surface area contributed by atoms with Gasteiger partial charge in [0.1, 0.15) is 11.6 Å². The van der Waals surface area contributed by atoms with E-state index >= 15 is 0 Å². The largest absolute Gasteiger partial charge is 0.506 e. The van der Waals surface area contributed by atoms with Gasteiger partial charge in [0.25, 0.3) is 0 Å². The Morgan fingerprint density at radius 2 is 2.33 bits per heavy atom. The quantitative estimate of drug-likeness (QED) is 0.646. The number of aromatic hydroxyl groups is 1. The average Bonchev–Trinajstić information content (AvgIpc) is 2.83. The number of rotatable bonds is 1. The average molecular weight is 202 g/mol. The Balaban J connectivity index is 2.08. The first-order valence-corrected chi connectivity index (χ1v) is 4.76. The van der Waals surface area contributed by atoms with E-state index in [-0.39, 0.29) is 11.7 Å². The van der Waals surface area contributed by atoms with Gasteiger partial charge in [-0.25, -0.2) is 4.98 Å². The molecule has 0 saturated heterocycles. The van der Waals surface area contributed by atoms with Crippen LogP contribution in [0.25, 0.3) is 0 Å². The Hall–Kier alpha value is -2.04. The predicted molar refractivity (Wildman–Crippen MR) is 54.8 cm³/mol. The highest BCUT2D eigenvalue weighted by Gasteiger charge is 2.25. The van der Waals surface area contributed by atoms with Crippen LogP contribution >= 0.6 is 0 Å². The molecule has 1 aliphatic rings. The molecular weight excluding hydrogens is 192 g/mol. The highest BCUT2D eigenvalue weighted by Crippen LogP contribution is 2.35. The summed E-state index contributed by atoms with van der Waals surface area (Å²) in [5.41, 5.74) is 2.13. The van der Waals surface area contributed by atoms with E-state index in [0.717, 1.165) is 23.5 Å². The van der Waals surface area contributed by atoms with Gasteiger partial charge in [-0.05, 0) is 11.6 Å². The Morgan fingerprint density at radius 1 is 1.40 bits per heavy atom. The molecule has 5 heteroatoms. The van der Waals surface area contributed by atoms with Crippen LogP contribution < -0.4 is 5.32 Å². The Bertz CT molecular complexity index is 480. The van der Waals surface area contributed by atoms with E-state index in [2.05, 4.69) is 20.5 Å². The fraction of sp³-hybridized carbons (Fsp3) is 0.200. The van der Waals surface area contributed by atoms with E-state index in [1.807, 2.05) is 6.20 Å². The maximum atomic E-state index is 9.40. The highest BCUT2D eigenvalue weighted by molar-refractivity contribution is 5.56. The number of fused-ring (bicyclic) bond motifs is 1. The second-order valence-corrected chi connectivity index (χ2v) is 3.60. The molecule has 1 atom stereocenters. The molecule has 3 N–H and O–H groups in total. The van der Waals surface area contributed by atoms with E-state index in [4.69, 9.17) is 0 Å². The van der Waals surface area contributed by atoms with E-state index in [1.165, 1.54) is 6.20 Å². The zero-order valence-corrected chi connectivity index (χ0v) is 7.94. The Labute approximate surface area is 86.2 Å². The number of pyridine rings is 1. The number of aromatic amines is 1. The third-order valence-corrected chi connectivity index (χ3v) is 2.67. The fourth-order valence-corrected chi connectivity index (χ4v) is 1.94. The van der Waals surface area contributed by atoms with Crippen molar-refractivity contribution in [3.8, 4) is 5.75 Å². The van der Waals surface area contributed by atoms with Crippen LogP contribution in [0.3, 0.4) is 0 Å². The predicted octanol–water partition coefficient (Wildman–Crippen LogP) is 1.07. The minimum atomic E-state index is 0.200. The number of aromatic nitrogens is 3. The zero-order valence-electron chi connectivity index (χ0n) is 7.94. The number of nitrogens with one attached hydrogen (secondary N) is 2. The van der Waals surface area contributed by atoms with Crippen LogP contribution in [0.4, 0.5) is 5.82 Å². The zero-order chi connectivity index (χ0) is 10.3. The van der Waals surface area contributed by atoms with Crippen LogP contribution in [0.1, 0.15) is 17.0 Å². The second kappa shape index (κ2) is 2.98. The maximum Gasteiger partial charge on any atom is 0.134 e. The number of anilines is 1. The molecule has 2 aromatic heterocycles. The van der Waals surface area contributed by atoms with Gasteiger partial charge in [0.05, 0.1) is 12.4 Å². The topological polar surface area (TPSA) is 73.8 Å². The lowest BCUT2D eigenvalue weighted by Gasteiger charge is -2.06. The van der Waals surface area contributed by atoms with Crippen LogP contribution in [0, 0.1) is 0 Å². The molecule has 0 aromatic carbocycles. The smallest absolute Gasteiger partial charge is 0.134 e. The standard InChI is InChI=1S/C10H10N4O/c15-7-1-8-9(6-2-13-14-3-6)5-12-10(8)11-4-7/h1-4,9,15H,5H2,(H,11,12)(H,13,14). The molecule has 0 aliphatic carbocycles. The summed E-state index contributed by atoms with van der Waals surface area (Å²) in [6, 6.07) is 1.75. The Morgan fingerprint density at radius 3 is 3.13 bits per heavy atom. The molecule has 3 rings (SSSR count). The van der Waals surface area contributed by atoms with Gasteiger partial charge < -0.3 is 10.4 Å². The monoisotopic (exact) mass is 202 g/mol. The van der Waals surface area contributed by atoms with E-state index in [1.54, 1.807) is 12.3 Å². The van der Waals surface area contributed by atoms with Crippen LogP contribution in [0.5, 0.6) is 5.75 Å². The summed E-state index contributed by atoms with van der Waals surface area (Å²) in [4.78, 5) is 4.13. The summed E-state index contributed by atoms with van der Waals surface area (Å²) in [6.07, 6.45) is 5.11. The molecular formula is C10H10N4O. The first-order valence-electron chi connectivity index (χ1n) is 4.76. The number of nitrogens with zero attached hydrogens (tertiary/aromatic N) is 2. The summed E-state index contributed by atoms with van der Waals surface area (Å²) >= 11 is 0. The molecule has 1 unspecified atom stereocenters. The van der Waals surface area contributed by atoms with E-state index < -0.39 is 0 Å². The minimum Gasteiger partial charge on any atom is -0.506 e. The van der Waals surface area contributed by atoms with Crippen LogP contribution in [-0.4, -0.2) is 26.8 Å². The van der Waals surface area contributed by atoms with Crippen molar-refractivity contribution in [1.82, 2.24) is 15.2 Å². The molecule has 0 bridgehead atoms. The Kier molecular flexibility index (Phi) is 1.65. The van der Waals surface area contributed by atoms with Gasteiger partial charge >= 0.3 is 0 Å². The number of hydrogen-bond donors (Lipinski definition) is 3. The third kappa shape index (κ3) is 1.24. The first-order chi connectivity index (χ1) is 7.34. The minimum absolute atomic E-state index is 0.200. The molecule has 0 radical (unpaired) electrons. The van der Waals surface area contributed by atoms with Crippen molar-refractivity contribution in [1.29, 1.82) is 0 Å². The fourth-order valence-electron chi connectivity index (χ4n) is 1.94. The molecule has 0 spiro atoms. The van der Waals surface area contributed by atoms with Crippen molar-refractivity contribution in [2.45, 2.75) is 5.92 Å². The molecule has 0 saturated carbocycles. The summed E-state index contributed by atoms with van der Waals surface area (Å²) in [6.45, 7) is 0.797. The maximum absolute atomic E-state index is 9.40. The van der Waals surface area contributed by atoms with Gasteiger partial charge in [-0.2, -0.15) is 5.10 Å². The van der Waals surface area contributed by atoms with Crippen LogP contribution in [0.15, 0.2) is 24.7 Å². The highest BCUT2D eigenvalue weighted by atomic mass is 16.3. The van der Waals surface area contributed by atoms with Crippen molar-refractivity contribution in [2.24, 2.45) is 0 Å². The van der Waals surface area contributed by atoms with Gasteiger partial charge in [0, 0.05) is 24.2 Å². The van der Waals surface area contributed by atoms with Gasteiger partial charge in [0.15, 0.2) is 0 Å². The molecule has 0 fully saturated rings. The summed E-state index contributed by atoms with van der Waals surface area (Å²) in [5.74, 6) is 1.27. The van der Waals surface area contributed by atoms with Crippen molar-refractivity contribution in [3.63, 3.8) is 0 Å². The van der Waals surface area contributed by atoms with Gasteiger partial charge in [-0.3, -0.25) is 5.10 Å². The lowest BCUT2D eigenvalue weighted by Crippen LogP contribution is -2.02. The van der Waals surface area contributed by atoms with Gasteiger partial charge in [-0.1, -0.05) is 0 Å². The lowest BCUT2D eigenvalue weighted by molar-refractivity contribution is 0.472. The van der Waals surface area contributed by atoms with Crippen LogP contribution in [0.2, 0.25) is 0 Å². The summed E-state index contributed by atoms with van der Waals surface area (Å²) < 4.78 is 0. The summed E-state index contributed by atoms with van der Waals surface area (Å²) in [5, 5.41) is 19.3. The third-order valence-electron chi connectivity index (χ3n) is 2.67. The molecule has 1 aliphatic heterocycles. The van der Waals surface area contributed by atoms with Crippen molar-refractivity contribution < 1.29 is 5.11 Å². The second-order valence-electron chi connectivity index (χ2n) is 3.60.